The van der Waals surface area contributed by atoms with Gasteiger partial charge >= 0.3 is 6.36 Å². The van der Waals surface area contributed by atoms with Gasteiger partial charge in [0.2, 0.25) is 0 Å². The van der Waals surface area contributed by atoms with Crippen LogP contribution >= 0.6 is 15.9 Å². The van der Waals surface area contributed by atoms with Crippen LogP contribution in [0.25, 0.3) is 0 Å². The fourth-order valence-electron chi connectivity index (χ4n) is 0.868. The van der Waals surface area contributed by atoms with E-state index in [1.165, 1.54) is 0 Å². The number of benzene rings is 1. The van der Waals surface area contributed by atoms with Crippen molar-refractivity contribution in [3.8, 4) is 11.5 Å². The Bertz CT molecular complexity index is 434. The molecule has 1 aromatic rings. The number of ether oxygens (including phenoxy) is 1. The van der Waals surface area contributed by atoms with Gasteiger partial charge in [-0.3, -0.25) is 10.1 Å². The van der Waals surface area contributed by atoms with E-state index < -0.39 is 28.5 Å². The van der Waals surface area contributed by atoms with E-state index in [-0.39, 0.29) is 4.47 Å². The van der Waals surface area contributed by atoms with Crippen molar-refractivity contribution in [2.24, 2.45) is 0 Å². The molecule has 0 radical (unpaired) electrons. The average Bonchev–Trinajstić information content (AvgIpc) is 2.10. The summed E-state index contributed by atoms with van der Waals surface area (Å²) in [6, 6.07) is 1.34. The van der Waals surface area contributed by atoms with E-state index in [2.05, 4.69) is 20.7 Å². The molecule has 0 saturated carbocycles. The fraction of sp³-hybridized carbons (Fsp3) is 0.143. The Morgan fingerprint density at radius 3 is 2.44 bits per heavy atom. The van der Waals surface area contributed by atoms with Crippen LogP contribution in [0.15, 0.2) is 16.6 Å². The maximum Gasteiger partial charge on any atom is 0.573 e. The number of nitro benzene ring substituents is 1. The van der Waals surface area contributed by atoms with Crippen LogP contribution in [0.4, 0.5) is 18.9 Å². The van der Waals surface area contributed by atoms with Crippen molar-refractivity contribution in [1.82, 2.24) is 0 Å². The molecule has 5 nitrogen and oxygen atoms in total. The van der Waals surface area contributed by atoms with Gasteiger partial charge in [0, 0.05) is 6.07 Å². The third-order valence-electron chi connectivity index (χ3n) is 1.45. The lowest BCUT2D eigenvalue weighted by Crippen LogP contribution is -2.17. The number of alkyl halides is 3. The number of phenolic OH excluding ortho intramolecular Hbond substituents is 1. The summed E-state index contributed by atoms with van der Waals surface area (Å²) in [7, 11) is 0. The molecule has 0 fully saturated rings. The summed E-state index contributed by atoms with van der Waals surface area (Å²) in [6.07, 6.45) is -5.04. The van der Waals surface area contributed by atoms with Crippen molar-refractivity contribution in [1.29, 1.82) is 0 Å². The molecule has 0 amide bonds. The summed E-state index contributed by atoms with van der Waals surface area (Å²) in [5.74, 6) is -1.89. The Morgan fingerprint density at radius 2 is 2.00 bits per heavy atom. The number of rotatable bonds is 2. The molecule has 1 N–H and O–H groups in total. The van der Waals surface area contributed by atoms with Crippen LogP contribution in [0.1, 0.15) is 0 Å². The van der Waals surface area contributed by atoms with Crippen molar-refractivity contribution in [2.75, 3.05) is 0 Å². The number of aromatic hydroxyl groups is 1. The summed E-state index contributed by atoms with van der Waals surface area (Å²) in [6.45, 7) is 0. The SMILES string of the molecule is O=[N+]([O-])c1cc(Br)c(O)c(OC(F)(F)F)c1. The zero-order valence-corrected chi connectivity index (χ0v) is 8.87. The number of halogens is 4. The number of non-ortho nitro benzene ring substituents is 1. The Hall–Kier alpha value is -1.51. The van der Waals surface area contributed by atoms with Gasteiger partial charge in [0.15, 0.2) is 11.5 Å². The molecular formula is C7H3BrF3NO4. The van der Waals surface area contributed by atoms with Crippen LogP contribution in [0.3, 0.4) is 0 Å². The maximum atomic E-state index is 11.9. The first-order valence-electron chi connectivity index (χ1n) is 3.63. The smallest absolute Gasteiger partial charge is 0.503 e. The van der Waals surface area contributed by atoms with E-state index in [9.17, 15) is 28.4 Å². The van der Waals surface area contributed by atoms with Gasteiger partial charge < -0.3 is 9.84 Å². The van der Waals surface area contributed by atoms with Crippen LogP contribution in [-0.4, -0.2) is 16.4 Å². The molecule has 0 heterocycles. The summed E-state index contributed by atoms with van der Waals surface area (Å²) < 4.78 is 38.8. The monoisotopic (exact) mass is 301 g/mol. The molecule has 0 spiro atoms. The molecule has 1 aromatic carbocycles. The van der Waals surface area contributed by atoms with Crippen LogP contribution in [-0.2, 0) is 0 Å². The highest BCUT2D eigenvalue weighted by atomic mass is 79.9. The molecule has 0 bridgehead atoms. The molecule has 0 aromatic heterocycles. The summed E-state index contributed by atoms with van der Waals surface area (Å²) >= 11 is 2.67. The van der Waals surface area contributed by atoms with Crippen LogP contribution in [0.5, 0.6) is 11.5 Å². The van der Waals surface area contributed by atoms with E-state index in [1.807, 2.05) is 0 Å². The molecule has 16 heavy (non-hydrogen) atoms. The minimum atomic E-state index is -5.04. The molecule has 88 valence electrons. The quantitative estimate of drug-likeness (QED) is 0.673. The van der Waals surface area contributed by atoms with E-state index >= 15 is 0 Å². The highest BCUT2D eigenvalue weighted by Gasteiger charge is 2.33. The average molecular weight is 302 g/mol. The molecule has 0 unspecified atom stereocenters. The van der Waals surface area contributed by atoms with Gasteiger partial charge in [-0.25, -0.2) is 0 Å². The zero-order valence-electron chi connectivity index (χ0n) is 7.29. The van der Waals surface area contributed by atoms with Gasteiger partial charge in [-0.1, -0.05) is 0 Å². The Morgan fingerprint density at radius 1 is 1.44 bits per heavy atom. The lowest BCUT2D eigenvalue weighted by atomic mass is 10.3. The number of hydrogen-bond acceptors (Lipinski definition) is 4. The first-order valence-corrected chi connectivity index (χ1v) is 4.42. The Kier molecular flexibility index (Phi) is 3.27. The van der Waals surface area contributed by atoms with Crippen molar-refractivity contribution in [3.63, 3.8) is 0 Å². The van der Waals surface area contributed by atoms with E-state index in [4.69, 9.17) is 0 Å². The molecule has 0 saturated heterocycles. The minimum absolute atomic E-state index is 0.263. The second kappa shape index (κ2) is 4.16. The van der Waals surface area contributed by atoms with Gasteiger partial charge in [0.25, 0.3) is 5.69 Å². The second-order valence-corrected chi connectivity index (χ2v) is 3.43. The Labute approximate surface area is 94.7 Å². The molecule has 1 rings (SSSR count). The van der Waals surface area contributed by atoms with Gasteiger partial charge in [-0.2, -0.15) is 0 Å². The van der Waals surface area contributed by atoms with Crippen molar-refractivity contribution in [2.45, 2.75) is 6.36 Å². The van der Waals surface area contributed by atoms with Gasteiger partial charge in [0.05, 0.1) is 15.5 Å². The van der Waals surface area contributed by atoms with Crippen molar-refractivity contribution in [3.05, 3.63) is 26.7 Å². The van der Waals surface area contributed by atoms with Crippen molar-refractivity contribution >= 4 is 21.6 Å². The second-order valence-electron chi connectivity index (χ2n) is 2.58. The summed E-state index contributed by atoms with van der Waals surface area (Å²) in [5.41, 5.74) is -0.635. The van der Waals surface area contributed by atoms with E-state index in [0.29, 0.717) is 6.07 Å². The zero-order chi connectivity index (χ0) is 12.5. The lowest BCUT2D eigenvalue weighted by Gasteiger charge is -2.10. The van der Waals surface area contributed by atoms with Gasteiger partial charge in [0.1, 0.15) is 0 Å². The molecule has 0 aliphatic carbocycles. The van der Waals surface area contributed by atoms with E-state index in [0.717, 1.165) is 6.07 Å². The van der Waals surface area contributed by atoms with Gasteiger partial charge in [-0.05, 0) is 15.9 Å². The first kappa shape index (κ1) is 12.6. The lowest BCUT2D eigenvalue weighted by molar-refractivity contribution is -0.385. The van der Waals surface area contributed by atoms with E-state index in [1.54, 1.807) is 0 Å². The predicted octanol–water partition coefficient (Wildman–Crippen LogP) is 2.96. The van der Waals surface area contributed by atoms with Gasteiger partial charge in [-0.15, -0.1) is 13.2 Å². The van der Waals surface area contributed by atoms with Crippen LogP contribution in [0.2, 0.25) is 0 Å². The first-order chi connectivity index (χ1) is 7.20. The molecule has 0 aliphatic rings. The summed E-state index contributed by atoms with van der Waals surface area (Å²) in [5, 5.41) is 19.5. The number of nitrogens with zero attached hydrogens (tertiary/aromatic N) is 1. The van der Waals surface area contributed by atoms with Crippen LogP contribution in [0, 0.1) is 10.1 Å². The third-order valence-corrected chi connectivity index (χ3v) is 2.05. The fourth-order valence-corrected chi connectivity index (χ4v) is 1.30. The highest BCUT2D eigenvalue weighted by Crippen LogP contribution is 2.40. The number of hydrogen-bond donors (Lipinski definition) is 1. The summed E-state index contributed by atoms with van der Waals surface area (Å²) in [4.78, 5) is 9.44. The highest BCUT2D eigenvalue weighted by molar-refractivity contribution is 9.10. The Balaban J connectivity index is 3.22. The third kappa shape index (κ3) is 2.99. The standard InChI is InChI=1S/C7H3BrF3NO4/c8-4-1-3(12(14)15)2-5(6(4)13)16-7(9,10)11/h1-2,13H. The topological polar surface area (TPSA) is 72.6 Å². The number of nitro groups is 1. The van der Waals surface area contributed by atoms with Crippen LogP contribution < -0.4 is 4.74 Å². The predicted molar refractivity (Wildman–Crippen MR) is 49.1 cm³/mol. The molecule has 9 heteroatoms. The minimum Gasteiger partial charge on any atom is -0.503 e. The number of phenols is 1. The molecule has 0 atom stereocenters. The normalized spacial score (nSPS) is 11.2. The maximum absolute atomic E-state index is 11.9. The van der Waals surface area contributed by atoms with Crippen molar-refractivity contribution < 1.29 is 27.9 Å². The molecular weight excluding hydrogens is 299 g/mol. The largest absolute Gasteiger partial charge is 0.573 e. The molecule has 0 aliphatic heterocycles.